The zero-order valence-corrected chi connectivity index (χ0v) is 3.46. The molecule has 0 radical (unpaired) electrons. The van der Waals surface area contributed by atoms with Crippen molar-refractivity contribution in [2.75, 3.05) is 13.2 Å². The van der Waals surface area contributed by atoms with Crippen molar-refractivity contribution in [2.45, 2.75) is 0 Å². The van der Waals surface area contributed by atoms with E-state index in [1.54, 1.807) is 11.2 Å². The average Bonchev–Trinajstić information content (AvgIpc) is 1.86. The fraction of sp³-hybridized carbons (Fsp3) is 0.667. The van der Waals surface area contributed by atoms with Gasteiger partial charge in [0.25, 0.3) is 0 Å². The topological polar surface area (TPSA) is 41.6 Å². The van der Waals surface area contributed by atoms with Gasteiger partial charge in [0.15, 0.2) is 0 Å². The smallest absolute Gasteiger partial charge is 0.104 e. The summed E-state index contributed by atoms with van der Waals surface area (Å²) < 4.78 is 0. The largest absolute Gasteiger partial charge is 0.279 e. The van der Waals surface area contributed by atoms with Crippen LogP contribution in [0, 0.1) is 0 Å². The summed E-state index contributed by atoms with van der Waals surface area (Å²) in [5, 5.41) is 1.64. The van der Waals surface area contributed by atoms with Crippen LogP contribution < -0.4 is 5.84 Å². The van der Waals surface area contributed by atoms with E-state index in [9.17, 15) is 0 Å². The number of rotatable bonds is 0. The Morgan fingerprint density at radius 1 is 1.83 bits per heavy atom. The Labute approximate surface area is 36.4 Å². The third-order valence-electron chi connectivity index (χ3n) is 0.709. The molecule has 0 fully saturated rings. The SMILES string of the molecule is NN1CC=NC1. The standard InChI is InChI=1S/C3H7N3/c4-6-2-1-5-3-6/h1H,2-4H2. The van der Waals surface area contributed by atoms with Gasteiger partial charge in [0.1, 0.15) is 6.67 Å². The zero-order chi connectivity index (χ0) is 4.41. The van der Waals surface area contributed by atoms with Gasteiger partial charge in [-0.3, -0.25) is 10.8 Å². The van der Waals surface area contributed by atoms with Gasteiger partial charge in [-0.25, -0.2) is 5.01 Å². The van der Waals surface area contributed by atoms with Gasteiger partial charge in [-0.15, -0.1) is 0 Å². The molecule has 0 aliphatic carbocycles. The normalized spacial score (nSPS) is 22.8. The number of aliphatic imine (C=N–C) groups is 1. The Bertz CT molecular complexity index is 60.4. The van der Waals surface area contributed by atoms with Crippen molar-refractivity contribution in [3.8, 4) is 0 Å². The Hall–Kier alpha value is -0.410. The van der Waals surface area contributed by atoms with E-state index in [0.29, 0.717) is 6.67 Å². The van der Waals surface area contributed by atoms with Crippen LogP contribution >= 0.6 is 0 Å². The summed E-state index contributed by atoms with van der Waals surface area (Å²) in [4.78, 5) is 3.84. The number of nitrogens with zero attached hydrogens (tertiary/aromatic N) is 2. The minimum atomic E-state index is 0.667. The van der Waals surface area contributed by atoms with Crippen molar-refractivity contribution in [2.24, 2.45) is 10.8 Å². The quantitative estimate of drug-likeness (QED) is 0.391. The highest BCUT2D eigenvalue weighted by Crippen LogP contribution is 1.81. The molecule has 0 bridgehead atoms. The molecule has 1 rings (SSSR count). The zero-order valence-electron chi connectivity index (χ0n) is 3.46. The second kappa shape index (κ2) is 1.36. The third kappa shape index (κ3) is 0.555. The van der Waals surface area contributed by atoms with Crippen LogP contribution in [-0.4, -0.2) is 24.4 Å². The second-order valence-corrected chi connectivity index (χ2v) is 1.28. The van der Waals surface area contributed by atoms with Crippen molar-refractivity contribution >= 4 is 6.21 Å². The maximum Gasteiger partial charge on any atom is 0.104 e. The average molecular weight is 85.1 g/mol. The second-order valence-electron chi connectivity index (χ2n) is 1.28. The molecule has 3 heteroatoms. The number of hydrogen-bond acceptors (Lipinski definition) is 3. The third-order valence-corrected chi connectivity index (χ3v) is 0.709. The van der Waals surface area contributed by atoms with E-state index < -0.39 is 0 Å². The highest BCUT2D eigenvalue weighted by atomic mass is 15.4. The minimum Gasteiger partial charge on any atom is -0.279 e. The summed E-state index contributed by atoms with van der Waals surface area (Å²) >= 11 is 0. The van der Waals surface area contributed by atoms with E-state index in [2.05, 4.69) is 4.99 Å². The molecule has 0 aromatic rings. The van der Waals surface area contributed by atoms with E-state index in [4.69, 9.17) is 5.84 Å². The summed E-state index contributed by atoms with van der Waals surface area (Å²) in [5.74, 6) is 5.24. The molecule has 1 heterocycles. The molecule has 34 valence electrons. The molecule has 0 spiro atoms. The van der Waals surface area contributed by atoms with Crippen LogP contribution in [-0.2, 0) is 0 Å². The van der Waals surface area contributed by atoms with Crippen molar-refractivity contribution in [3.63, 3.8) is 0 Å². The first-order valence-electron chi connectivity index (χ1n) is 1.87. The summed E-state index contributed by atoms with van der Waals surface area (Å²) in [7, 11) is 0. The maximum atomic E-state index is 5.24. The van der Waals surface area contributed by atoms with Gasteiger partial charge in [-0.05, 0) is 0 Å². The lowest BCUT2D eigenvalue weighted by Crippen LogP contribution is -2.27. The molecule has 0 atom stereocenters. The van der Waals surface area contributed by atoms with E-state index in [0.717, 1.165) is 6.54 Å². The highest BCUT2D eigenvalue weighted by molar-refractivity contribution is 5.61. The van der Waals surface area contributed by atoms with Gasteiger partial charge in [-0.1, -0.05) is 0 Å². The van der Waals surface area contributed by atoms with Gasteiger partial charge < -0.3 is 0 Å². The predicted octanol–water partition coefficient (Wildman–Crippen LogP) is -0.796. The van der Waals surface area contributed by atoms with E-state index in [-0.39, 0.29) is 0 Å². The Balaban J connectivity index is 2.32. The summed E-state index contributed by atoms with van der Waals surface area (Å²) in [6.45, 7) is 1.47. The van der Waals surface area contributed by atoms with Gasteiger partial charge in [0.2, 0.25) is 0 Å². The Morgan fingerprint density at radius 2 is 2.67 bits per heavy atom. The molecular weight excluding hydrogens is 78.1 g/mol. The van der Waals surface area contributed by atoms with Crippen LogP contribution in [0.5, 0.6) is 0 Å². The lowest BCUT2D eigenvalue weighted by atomic mass is 10.7. The van der Waals surface area contributed by atoms with Crippen molar-refractivity contribution < 1.29 is 0 Å². The number of hydrazine groups is 1. The molecule has 0 aromatic heterocycles. The predicted molar refractivity (Wildman–Crippen MR) is 24.3 cm³/mol. The monoisotopic (exact) mass is 85.1 g/mol. The van der Waals surface area contributed by atoms with Crippen molar-refractivity contribution in [1.29, 1.82) is 0 Å². The van der Waals surface area contributed by atoms with Crippen molar-refractivity contribution in [1.82, 2.24) is 5.01 Å². The maximum absolute atomic E-state index is 5.24. The molecule has 1 aliphatic heterocycles. The Morgan fingerprint density at radius 3 is 2.83 bits per heavy atom. The van der Waals surface area contributed by atoms with Gasteiger partial charge in [0, 0.05) is 12.8 Å². The lowest BCUT2D eigenvalue weighted by Gasteiger charge is -1.99. The highest BCUT2D eigenvalue weighted by Gasteiger charge is 1.96. The number of hydrogen-bond donors (Lipinski definition) is 1. The van der Waals surface area contributed by atoms with Gasteiger partial charge in [-0.2, -0.15) is 0 Å². The van der Waals surface area contributed by atoms with Crippen LogP contribution in [0.1, 0.15) is 0 Å². The summed E-state index contributed by atoms with van der Waals surface area (Å²) in [6.07, 6.45) is 1.81. The van der Waals surface area contributed by atoms with Gasteiger partial charge >= 0.3 is 0 Å². The van der Waals surface area contributed by atoms with Crippen LogP contribution in [0.3, 0.4) is 0 Å². The summed E-state index contributed by atoms with van der Waals surface area (Å²) in [5.41, 5.74) is 0. The fourth-order valence-electron chi connectivity index (χ4n) is 0.383. The first-order valence-corrected chi connectivity index (χ1v) is 1.87. The first kappa shape index (κ1) is 3.77. The Kier molecular flexibility index (Phi) is 0.856. The van der Waals surface area contributed by atoms with E-state index in [1.165, 1.54) is 0 Å². The van der Waals surface area contributed by atoms with E-state index in [1.807, 2.05) is 0 Å². The molecule has 0 aromatic carbocycles. The molecule has 2 N–H and O–H groups in total. The number of nitrogens with two attached hydrogens (primary N) is 1. The van der Waals surface area contributed by atoms with Crippen LogP contribution in [0.2, 0.25) is 0 Å². The van der Waals surface area contributed by atoms with E-state index >= 15 is 0 Å². The summed E-state index contributed by atoms with van der Waals surface area (Å²) in [6, 6.07) is 0. The molecule has 0 amide bonds. The van der Waals surface area contributed by atoms with Crippen LogP contribution in [0.4, 0.5) is 0 Å². The molecule has 0 saturated carbocycles. The molecule has 3 nitrogen and oxygen atoms in total. The van der Waals surface area contributed by atoms with Crippen LogP contribution in [0.15, 0.2) is 4.99 Å². The first-order chi connectivity index (χ1) is 2.89. The molecule has 1 aliphatic rings. The molecule has 6 heavy (non-hydrogen) atoms. The van der Waals surface area contributed by atoms with Gasteiger partial charge in [0.05, 0.1) is 0 Å². The van der Waals surface area contributed by atoms with Crippen LogP contribution in [0.25, 0.3) is 0 Å². The molecular formula is C3H7N3. The molecule has 0 saturated heterocycles. The molecule has 0 unspecified atom stereocenters. The minimum absolute atomic E-state index is 0.667. The lowest BCUT2D eigenvalue weighted by molar-refractivity contribution is 0.359. The fourth-order valence-corrected chi connectivity index (χ4v) is 0.383. The van der Waals surface area contributed by atoms with Crippen molar-refractivity contribution in [3.05, 3.63) is 0 Å².